The van der Waals surface area contributed by atoms with Crippen LogP contribution in [0.4, 0.5) is 0 Å². The molecule has 76 valence electrons. The Labute approximate surface area is 76.6 Å². The summed E-state index contributed by atoms with van der Waals surface area (Å²) in [6.07, 6.45) is 0.776. The van der Waals surface area contributed by atoms with E-state index in [1.54, 1.807) is 0 Å². The van der Waals surface area contributed by atoms with Crippen LogP contribution in [-0.2, 0) is 19.1 Å². The average Bonchev–Trinajstić information content (AvgIpc) is 2.11. The molecule has 1 unspecified atom stereocenters. The molecule has 0 fully saturated rings. The average molecular weight is 190 g/mol. The van der Waals surface area contributed by atoms with E-state index in [0.717, 1.165) is 0 Å². The molecule has 13 heavy (non-hydrogen) atoms. The zero-order chi connectivity index (χ0) is 10.3. The van der Waals surface area contributed by atoms with Crippen LogP contribution in [-0.4, -0.2) is 37.9 Å². The molecule has 0 bridgehead atoms. The van der Waals surface area contributed by atoms with Crippen molar-refractivity contribution in [3.8, 4) is 0 Å². The van der Waals surface area contributed by atoms with E-state index in [9.17, 15) is 9.59 Å². The highest BCUT2D eigenvalue weighted by Gasteiger charge is 2.26. The molecule has 5 heteroatoms. The Balaban J connectivity index is 3.95. The van der Waals surface area contributed by atoms with E-state index in [-0.39, 0.29) is 6.42 Å². The minimum atomic E-state index is -1.15. The van der Waals surface area contributed by atoms with Crippen molar-refractivity contribution < 1.29 is 24.2 Å². The molecule has 0 saturated heterocycles. The summed E-state index contributed by atoms with van der Waals surface area (Å²) < 4.78 is 9.08. The standard InChI is InChI=1S/C8H14O5/c1-12-5-3-4-6(7(9)10)8(11)13-2/h6H,3-5H2,1-2H3,(H,9,10). The van der Waals surface area contributed by atoms with E-state index in [1.807, 2.05) is 0 Å². The van der Waals surface area contributed by atoms with Gasteiger partial charge in [0.15, 0.2) is 5.92 Å². The van der Waals surface area contributed by atoms with Crippen LogP contribution >= 0.6 is 0 Å². The molecule has 1 N–H and O–H groups in total. The number of esters is 1. The van der Waals surface area contributed by atoms with Gasteiger partial charge in [0.2, 0.25) is 0 Å². The molecular formula is C8H14O5. The summed E-state index contributed by atoms with van der Waals surface area (Å²) in [5.41, 5.74) is 0. The molecule has 5 nitrogen and oxygen atoms in total. The first-order valence-corrected chi connectivity index (χ1v) is 3.93. The van der Waals surface area contributed by atoms with Gasteiger partial charge < -0.3 is 14.6 Å². The van der Waals surface area contributed by atoms with Crippen molar-refractivity contribution in [3.63, 3.8) is 0 Å². The molecule has 0 aromatic carbocycles. The van der Waals surface area contributed by atoms with Crippen LogP contribution in [0, 0.1) is 5.92 Å². The third-order valence-electron chi connectivity index (χ3n) is 1.63. The number of ether oxygens (including phenoxy) is 2. The molecule has 0 rings (SSSR count). The van der Waals surface area contributed by atoms with Gasteiger partial charge in [-0.05, 0) is 12.8 Å². The van der Waals surface area contributed by atoms with Gasteiger partial charge in [-0.25, -0.2) is 0 Å². The number of carbonyl (C=O) groups is 2. The van der Waals surface area contributed by atoms with Crippen molar-refractivity contribution in [2.45, 2.75) is 12.8 Å². The van der Waals surface area contributed by atoms with Crippen molar-refractivity contribution in [3.05, 3.63) is 0 Å². The van der Waals surface area contributed by atoms with E-state index < -0.39 is 17.9 Å². The van der Waals surface area contributed by atoms with E-state index in [4.69, 9.17) is 9.84 Å². The van der Waals surface area contributed by atoms with Crippen molar-refractivity contribution in [1.82, 2.24) is 0 Å². The quantitative estimate of drug-likeness (QED) is 0.370. The van der Waals surface area contributed by atoms with Crippen LogP contribution < -0.4 is 0 Å². The maximum absolute atomic E-state index is 10.9. The highest BCUT2D eigenvalue weighted by atomic mass is 16.5. The number of hydrogen-bond acceptors (Lipinski definition) is 4. The predicted molar refractivity (Wildman–Crippen MR) is 44.3 cm³/mol. The number of carboxylic acids is 1. The second-order valence-corrected chi connectivity index (χ2v) is 2.55. The van der Waals surface area contributed by atoms with Crippen molar-refractivity contribution in [2.75, 3.05) is 20.8 Å². The lowest BCUT2D eigenvalue weighted by Crippen LogP contribution is -2.25. The number of hydrogen-bond donors (Lipinski definition) is 1. The van der Waals surface area contributed by atoms with Crippen LogP contribution in [0.1, 0.15) is 12.8 Å². The minimum absolute atomic E-state index is 0.246. The Morgan fingerprint density at radius 3 is 2.38 bits per heavy atom. The molecule has 0 amide bonds. The van der Waals surface area contributed by atoms with Crippen LogP contribution in [0.25, 0.3) is 0 Å². The van der Waals surface area contributed by atoms with Gasteiger partial charge in [-0.15, -0.1) is 0 Å². The van der Waals surface area contributed by atoms with Gasteiger partial charge >= 0.3 is 11.9 Å². The maximum Gasteiger partial charge on any atom is 0.320 e. The highest BCUT2D eigenvalue weighted by Crippen LogP contribution is 2.08. The smallest absolute Gasteiger partial charge is 0.320 e. The van der Waals surface area contributed by atoms with E-state index in [0.29, 0.717) is 13.0 Å². The summed E-state index contributed by atoms with van der Waals surface area (Å²) in [6.45, 7) is 0.445. The normalized spacial score (nSPS) is 12.2. The molecule has 0 aromatic heterocycles. The lowest BCUT2D eigenvalue weighted by atomic mass is 10.0. The fourth-order valence-corrected chi connectivity index (χ4v) is 0.916. The number of rotatable bonds is 6. The molecular weight excluding hydrogens is 176 g/mol. The molecule has 0 spiro atoms. The first-order valence-electron chi connectivity index (χ1n) is 3.93. The fraction of sp³-hybridized carbons (Fsp3) is 0.750. The fourth-order valence-electron chi connectivity index (χ4n) is 0.916. The van der Waals surface area contributed by atoms with E-state index >= 15 is 0 Å². The van der Waals surface area contributed by atoms with Crippen LogP contribution in [0.15, 0.2) is 0 Å². The molecule has 0 aromatic rings. The van der Waals surface area contributed by atoms with Gasteiger partial charge in [0.1, 0.15) is 0 Å². The van der Waals surface area contributed by atoms with Gasteiger partial charge in [0, 0.05) is 13.7 Å². The minimum Gasteiger partial charge on any atom is -0.481 e. The number of carboxylic acid groups (broad SMARTS) is 1. The molecule has 0 aliphatic carbocycles. The summed E-state index contributed by atoms with van der Waals surface area (Å²) in [5.74, 6) is -2.92. The Hall–Kier alpha value is -1.10. The third-order valence-corrected chi connectivity index (χ3v) is 1.63. The zero-order valence-electron chi connectivity index (χ0n) is 7.78. The Morgan fingerprint density at radius 1 is 1.38 bits per heavy atom. The maximum atomic E-state index is 10.9. The van der Waals surface area contributed by atoms with E-state index in [2.05, 4.69) is 4.74 Å². The first kappa shape index (κ1) is 11.9. The summed E-state index contributed by atoms with van der Waals surface area (Å²) in [7, 11) is 2.70. The van der Waals surface area contributed by atoms with Gasteiger partial charge in [-0.3, -0.25) is 9.59 Å². The Kier molecular flexibility index (Phi) is 5.88. The van der Waals surface area contributed by atoms with Crippen molar-refractivity contribution >= 4 is 11.9 Å². The first-order chi connectivity index (χ1) is 6.13. The molecule has 0 heterocycles. The van der Waals surface area contributed by atoms with Gasteiger partial charge in [0.25, 0.3) is 0 Å². The summed E-state index contributed by atoms with van der Waals surface area (Å²) in [6, 6.07) is 0. The molecule has 1 atom stereocenters. The Bertz CT molecular complexity index is 177. The molecule has 0 aliphatic heterocycles. The van der Waals surface area contributed by atoms with Gasteiger partial charge in [-0.1, -0.05) is 0 Å². The monoisotopic (exact) mass is 190 g/mol. The largest absolute Gasteiger partial charge is 0.481 e. The van der Waals surface area contributed by atoms with E-state index in [1.165, 1.54) is 14.2 Å². The number of aliphatic carboxylic acids is 1. The lowest BCUT2D eigenvalue weighted by Gasteiger charge is -2.08. The SMILES string of the molecule is COCCCC(C(=O)O)C(=O)OC. The van der Waals surface area contributed by atoms with Crippen LogP contribution in [0.5, 0.6) is 0 Å². The van der Waals surface area contributed by atoms with Gasteiger partial charge in [-0.2, -0.15) is 0 Å². The predicted octanol–water partition coefficient (Wildman–Crippen LogP) is 0.287. The third kappa shape index (κ3) is 4.47. The summed E-state index contributed by atoms with van der Waals surface area (Å²) in [5, 5.41) is 8.63. The number of methoxy groups -OCH3 is 2. The highest BCUT2D eigenvalue weighted by molar-refractivity contribution is 5.93. The molecule has 0 aliphatic rings. The zero-order valence-corrected chi connectivity index (χ0v) is 7.78. The van der Waals surface area contributed by atoms with Crippen LogP contribution in [0.2, 0.25) is 0 Å². The van der Waals surface area contributed by atoms with Crippen molar-refractivity contribution in [1.29, 1.82) is 0 Å². The topological polar surface area (TPSA) is 72.8 Å². The summed E-state index contributed by atoms with van der Waals surface area (Å²) in [4.78, 5) is 21.5. The Morgan fingerprint density at radius 2 is 2.00 bits per heavy atom. The second kappa shape index (κ2) is 6.42. The summed E-state index contributed by atoms with van der Waals surface area (Å²) >= 11 is 0. The van der Waals surface area contributed by atoms with Crippen LogP contribution in [0.3, 0.4) is 0 Å². The number of carbonyl (C=O) groups excluding carboxylic acids is 1. The molecule has 0 saturated carbocycles. The van der Waals surface area contributed by atoms with Crippen molar-refractivity contribution in [2.24, 2.45) is 5.92 Å². The lowest BCUT2D eigenvalue weighted by molar-refractivity contribution is -0.157. The molecule has 0 radical (unpaired) electrons. The van der Waals surface area contributed by atoms with Gasteiger partial charge in [0.05, 0.1) is 7.11 Å². The second-order valence-electron chi connectivity index (χ2n) is 2.55.